The molecule has 2 rings (SSSR count). The van der Waals surface area contributed by atoms with E-state index in [-0.39, 0.29) is 18.1 Å². The maximum atomic E-state index is 12.1. The second-order valence-corrected chi connectivity index (χ2v) is 4.48. The second kappa shape index (κ2) is 6.18. The van der Waals surface area contributed by atoms with Crippen LogP contribution in [0.1, 0.15) is 30.7 Å². The van der Waals surface area contributed by atoms with Crippen molar-refractivity contribution in [1.82, 2.24) is 10.3 Å². The molecule has 0 fully saturated rings. The van der Waals surface area contributed by atoms with Crippen molar-refractivity contribution in [3.05, 3.63) is 35.0 Å². The average molecular weight is 274 g/mol. The highest BCUT2D eigenvalue weighted by Gasteiger charge is 2.14. The number of nitrogens with zero attached hydrogens (tertiary/aromatic N) is 2. The van der Waals surface area contributed by atoms with Crippen molar-refractivity contribution in [3.8, 4) is 0 Å². The summed E-state index contributed by atoms with van der Waals surface area (Å²) in [4.78, 5) is 12.1. The van der Waals surface area contributed by atoms with Crippen LogP contribution in [-0.2, 0) is 24.1 Å². The van der Waals surface area contributed by atoms with Gasteiger partial charge in [-0.15, -0.1) is 0 Å². The summed E-state index contributed by atoms with van der Waals surface area (Å²) in [5.74, 6) is -0.0253. The molecule has 0 saturated carbocycles. The van der Waals surface area contributed by atoms with Crippen LogP contribution in [0, 0.1) is 0 Å². The Morgan fingerprint density at radius 1 is 1.25 bits per heavy atom. The van der Waals surface area contributed by atoms with E-state index in [0.717, 1.165) is 29.7 Å². The van der Waals surface area contributed by atoms with Crippen LogP contribution in [0.25, 0.3) is 0 Å². The van der Waals surface area contributed by atoms with E-state index in [9.17, 15) is 4.79 Å². The van der Waals surface area contributed by atoms with Gasteiger partial charge < -0.3 is 11.1 Å². The predicted octanol–water partition coefficient (Wildman–Crippen LogP) is 1.96. The molecule has 20 heavy (non-hydrogen) atoms. The fourth-order valence-electron chi connectivity index (χ4n) is 2.07. The summed E-state index contributed by atoms with van der Waals surface area (Å²) in [5, 5.41) is 10.0. The van der Waals surface area contributed by atoms with Gasteiger partial charge in [0.1, 0.15) is 5.69 Å². The summed E-state index contributed by atoms with van der Waals surface area (Å²) in [7, 11) is 0. The first-order valence-electron chi connectivity index (χ1n) is 6.63. The predicted molar refractivity (Wildman–Crippen MR) is 76.2 cm³/mol. The number of carbonyl (C=O) groups excluding carboxylic acids is 1. The third-order valence-corrected chi connectivity index (χ3v) is 3.18. The third-order valence-electron chi connectivity index (χ3n) is 3.18. The van der Waals surface area contributed by atoms with Crippen LogP contribution in [0.5, 0.6) is 0 Å². The maximum Gasteiger partial charge on any atom is 0.230 e. The van der Waals surface area contributed by atoms with Gasteiger partial charge in [-0.05, 0) is 29.1 Å². The van der Waals surface area contributed by atoms with Gasteiger partial charge in [0.15, 0.2) is 5.82 Å². The van der Waals surface area contributed by atoms with Gasteiger partial charge in [-0.3, -0.25) is 4.79 Å². The first-order chi connectivity index (χ1) is 9.65. The number of nitrogens with two attached hydrogens (primary N) is 1. The van der Waals surface area contributed by atoms with Gasteiger partial charge in [0.05, 0.1) is 6.42 Å². The number of aromatic nitrogens is 2. The first kappa shape index (κ1) is 14.0. The zero-order chi connectivity index (χ0) is 14.5. The molecular formula is C14H18N4O2. The maximum absolute atomic E-state index is 12.1. The molecule has 0 saturated heterocycles. The fourth-order valence-corrected chi connectivity index (χ4v) is 2.07. The van der Waals surface area contributed by atoms with Crippen molar-refractivity contribution < 1.29 is 9.42 Å². The van der Waals surface area contributed by atoms with Crippen molar-refractivity contribution in [1.29, 1.82) is 0 Å². The molecule has 3 N–H and O–H groups in total. The van der Waals surface area contributed by atoms with E-state index in [1.807, 2.05) is 18.2 Å². The van der Waals surface area contributed by atoms with Gasteiger partial charge in [0, 0.05) is 5.69 Å². The third kappa shape index (κ3) is 2.96. The zero-order valence-corrected chi connectivity index (χ0v) is 11.6. The number of hydrogen-bond donors (Lipinski definition) is 2. The molecule has 0 aliphatic carbocycles. The molecule has 1 amide bonds. The minimum atomic E-state index is -0.178. The summed E-state index contributed by atoms with van der Waals surface area (Å²) >= 11 is 0. The van der Waals surface area contributed by atoms with E-state index >= 15 is 0 Å². The number of hydrogen-bond acceptors (Lipinski definition) is 5. The average Bonchev–Trinajstić information content (AvgIpc) is 2.84. The Morgan fingerprint density at radius 3 is 2.40 bits per heavy atom. The van der Waals surface area contributed by atoms with Gasteiger partial charge in [-0.2, -0.15) is 0 Å². The van der Waals surface area contributed by atoms with Crippen molar-refractivity contribution in [2.45, 2.75) is 33.1 Å². The normalized spacial score (nSPS) is 10.5. The van der Waals surface area contributed by atoms with Crippen LogP contribution in [-0.4, -0.2) is 16.2 Å². The first-order valence-corrected chi connectivity index (χ1v) is 6.63. The second-order valence-electron chi connectivity index (χ2n) is 4.48. The molecule has 0 radical (unpaired) electrons. The Labute approximate surface area is 117 Å². The number of rotatable bonds is 5. The highest BCUT2D eigenvalue weighted by molar-refractivity contribution is 5.94. The Balaban J connectivity index is 2.17. The monoisotopic (exact) mass is 274 g/mol. The molecule has 6 nitrogen and oxygen atoms in total. The fraction of sp³-hybridized carbons (Fsp3) is 0.357. The topological polar surface area (TPSA) is 94.0 Å². The molecule has 6 heteroatoms. The van der Waals surface area contributed by atoms with E-state index in [1.54, 1.807) is 0 Å². The largest absolute Gasteiger partial charge is 0.379 e. The van der Waals surface area contributed by atoms with Crippen molar-refractivity contribution in [2.75, 3.05) is 11.1 Å². The van der Waals surface area contributed by atoms with Crippen molar-refractivity contribution in [2.24, 2.45) is 0 Å². The molecule has 0 bridgehead atoms. The lowest BCUT2D eigenvalue weighted by Gasteiger charge is -2.14. The number of para-hydroxylation sites is 1. The van der Waals surface area contributed by atoms with Gasteiger partial charge >= 0.3 is 0 Å². The number of anilines is 2. The van der Waals surface area contributed by atoms with Crippen LogP contribution >= 0.6 is 0 Å². The lowest BCUT2D eigenvalue weighted by molar-refractivity contribution is -0.115. The van der Waals surface area contributed by atoms with Crippen LogP contribution in [0.3, 0.4) is 0 Å². The Morgan fingerprint density at radius 2 is 1.90 bits per heavy atom. The van der Waals surface area contributed by atoms with E-state index in [0.29, 0.717) is 5.69 Å². The molecular weight excluding hydrogens is 256 g/mol. The van der Waals surface area contributed by atoms with Crippen LogP contribution in [0.2, 0.25) is 0 Å². The molecule has 0 spiro atoms. The van der Waals surface area contributed by atoms with Gasteiger partial charge in [-0.25, -0.2) is 4.63 Å². The van der Waals surface area contributed by atoms with Gasteiger partial charge in [-0.1, -0.05) is 37.2 Å². The number of nitrogens with one attached hydrogen (secondary N) is 1. The summed E-state index contributed by atoms with van der Waals surface area (Å²) in [6, 6.07) is 6.04. The van der Waals surface area contributed by atoms with Crippen LogP contribution in [0.15, 0.2) is 22.8 Å². The number of amides is 1. The molecule has 1 heterocycles. The number of aryl methyl sites for hydroxylation is 2. The van der Waals surface area contributed by atoms with Crippen LogP contribution < -0.4 is 11.1 Å². The Hall–Kier alpha value is -2.37. The number of carbonyl (C=O) groups is 1. The Bertz CT molecular complexity index is 585. The number of benzene rings is 1. The summed E-state index contributed by atoms with van der Waals surface area (Å²) in [6.07, 6.45) is 1.77. The van der Waals surface area contributed by atoms with E-state index in [2.05, 4.69) is 34.1 Å². The smallest absolute Gasteiger partial charge is 0.230 e. The van der Waals surface area contributed by atoms with E-state index < -0.39 is 0 Å². The van der Waals surface area contributed by atoms with Crippen molar-refractivity contribution in [3.63, 3.8) is 0 Å². The molecule has 1 aromatic carbocycles. The Kier molecular flexibility index (Phi) is 4.34. The van der Waals surface area contributed by atoms with E-state index in [1.165, 1.54) is 0 Å². The molecule has 0 unspecified atom stereocenters. The standard InChI is InChI=1S/C14H18N4O2/c1-3-9-6-5-7-10(4-2)13(9)16-12(19)8-11-14(15)18-20-17-11/h5-7H,3-4,8H2,1-2H3,(H2,15,18)(H,16,19). The lowest BCUT2D eigenvalue weighted by Crippen LogP contribution is -2.17. The van der Waals surface area contributed by atoms with Gasteiger partial charge in [0.25, 0.3) is 0 Å². The highest BCUT2D eigenvalue weighted by atomic mass is 16.6. The van der Waals surface area contributed by atoms with Crippen molar-refractivity contribution >= 4 is 17.4 Å². The van der Waals surface area contributed by atoms with Gasteiger partial charge in [0.2, 0.25) is 5.91 Å². The highest BCUT2D eigenvalue weighted by Crippen LogP contribution is 2.22. The molecule has 0 atom stereocenters. The molecule has 1 aromatic heterocycles. The molecule has 0 aliphatic rings. The minimum absolute atomic E-state index is 0.0521. The summed E-state index contributed by atoms with van der Waals surface area (Å²) < 4.78 is 4.48. The SMILES string of the molecule is CCc1cccc(CC)c1NC(=O)Cc1nonc1N. The zero-order valence-electron chi connectivity index (χ0n) is 11.6. The summed E-state index contributed by atoms with van der Waals surface area (Å²) in [5.41, 5.74) is 9.02. The number of nitrogen functional groups attached to an aromatic ring is 1. The van der Waals surface area contributed by atoms with E-state index in [4.69, 9.17) is 5.73 Å². The summed E-state index contributed by atoms with van der Waals surface area (Å²) in [6.45, 7) is 4.12. The molecule has 2 aromatic rings. The molecule has 0 aliphatic heterocycles. The quantitative estimate of drug-likeness (QED) is 0.869. The molecule has 106 valence electrons. The lowest BCUT2D eigenvalue weighted by atomic mass is 10.0. The van der Waals surface area contributed by atoms with Crippen LogP contribution in [0.4, 0.5) is 11.5 Å². The minimum Gasteiger partial charge on any atom is -0.379 e.